The van der Waals surface area contributed by atoms with Gasteiger partial charge in [0.05, 0.1) is 6.26 Å². The Balaban J connectivity index is 2.10. The smallest absolute Gasteiger partial charge is 0.146 e. The van der Waals surface area contributed by atoms with Gasteiger partial charge in [-0.1, -0.05) is 6.92 Å². The van der Waals surface area contributed by atoms with Crippen molar-refractivity contribution in [2.24, 2.45) is 0 Å². The van der Waals surface area contributed by atoms with Gasteiger partial charge in [0, 0.05) is 11.6 Å². The summed E-state index contributed by atoms with van der Waals surface area (Å²) in [6, 6.07) is 8.30. The number of rotatable bonds is 7. The molecule has 0 bridgehead atoms. The molecule has 108 valence electrons. The maximum atomic E-state index is 13.4. The summed E-state index contributed by atoms with van der Waals surface area (Å²) in [5.41, 5.74) is 0.824. The summed E-state index contributed by atoms with van der Waals surface area (Å²) < 4.78 is 24.4. The first-order chi connectivity index (χ1) is 9.70. The van der Waals surface area contributed by atoms with Crippen LogP contribution < -0.4 is 10.1 Å². The molecule has 0 spiro atoms. The Morgan fingerprint density at radius 3 is 2.90 bits per heavy atom. The monoisotopic (exact) mass is 277 g/mol. The van der Waals surface area contributed by atoms with Crippen molar-refractivity contribution >= 4 is 0 Å². The van der Waals surface area contributed by atoms with Gasteiger partial charge < -0.3 is 14.5 Å². The fourth-order valence-electron chi connectivity index (χ4n) is 2.00. The SMILES string of the molecule is CCCNC(C)c1cc(F)ccc1OCc1ccco1. The van der Waals surface area contributed by atoms with Crippen molar-refractivity contribution in [3.8, 4) is 5.75 Å². The average molecular weight is 277 g/mol. The van der Waals surface area contributed by atoms with Crippen molar-refractivity contribution in [1.29, 1.82) is 0 Å². The van der Waals surface area contributed by atoms with Gasteiger partial charge in [-0.15, -0.1) is 0 Å². The second-order valence-electron chi connectivity index (χ2n) is 4.73. The molecule has 0 amide bonds. The fourth-order valence-corrected chi connectivity index (χ4v) is 2.00. The predicted octanol–water partition coefficient (Wildman–Crippen LogP) is 4.06. The van der Waals surface area contributed by atoms with E-state index in [1.54, 1.807) is 12.3 Å². The van der Waals surface area contributed by atoms with Crippen molar-refractivity contribution in [3.05, 3.63) is 53.7 Å². The highest BCUT2D eigenvalue weighted by Crippen LogP contribution is 2.27. The minimum absolute atomic E-state index is 0.0391. The van der Waals surface area contributed by atoms with E-state index in [1.807, 2.05) is 19.1 Å². The highest BCUT2D eigenvalue weighted by molar-refractivity contribution is 5.36. The van der Waals surface area contributed by atoms with Crippen LogP contribution >= 0.6 is 0 Å². The summed E-state index contributed by atoms with van der Waals surface area (Å²) in [6.45, 7) is 5.32. The zero-order valence-electron chi connectivity index (χ0n) is 11.9. The lowest BCUT2D eigenvalue weighted by molar-refractivity contribution is 0.265. The van der Waals surface area contributed by atoms with E-state index in [-0.39, 0.29) is 11.9 Å². The van der Waals surface area contributed by atoms with Gasteiger partial charge in [-0.05, 0) is 50.2 Å². The third-order valence-corrected chi connectivity index (χ3v) is 3.09. The quantitative estimate of drug-likeness (QED) is 0.828. The van der Waals surface area contributed by atoms with Gasteiger partial charge in [-0.2, -0.15) is 0 Å². The van der Waals surface area contributed by atoms with E-state index in [9.17, 15) is 4.39 Å². The fraction of sp³-hybridized carbons (Fsp3) is 0.375. The molecule has 1 atom stereocenters. The maximum absolute atomic E-state index is 13.4. The van der Waals surface area contributed by atoms with Gasteiger partial charge in [0.1, 0.15) is 23.9 Å². The van der Waals surface area contributed by atoms with Gasteiger partial charge in [0.25, 0.3) is 0 Å². The standard InChI is InChI=1S/C16H20FNO2/c1-3-8-18-12(2)15-10-13(17)6-7-16(15)20-11-14-5-4-9-19-14/h4-7,9-10,12,18H,3,8,11H2,1-2H3. The third kappa shape index (κ3) is 3.84. The Kier molecular flexibility index (Phi) is 5.18. The molecule has 1 aromatic carbocycles. The van der Waals surface area contributed by atoms with Crippen LogP contribution in [0, 0.1) is 5.82 Å². The van der Waals surface area contributed by atoms with Crippen LogP contribution in [0.1, 0.15) is 37.6 Å². The molecule has 0 fully saturated rings. The summed E-state index contributed by atoms with van der Waals surface area (Å²) in [5, 5.41) is 3.34. The molecule has 0 radical (unpaired) electrons. The van der Waals surface area contributed by atoms with Crippen molar-refractivity contribution in [1.82, 2.24) is 5.32 Å². The van der Waals surface area contributed by atoms with Gasteiger partial charge in [0.15, 0.2) is 0 Å². The Hall–Kier alpha value is -1.81. The number of hydrogen-bond acceptors (Lipinski definition) is 3. The topological polar surface area (TPSA) is 34.4 Å². The molecule has 3 nitrogen and oxygen atoms in total. The Bertz CT molecular complexity index is 525. The Morgan fingerprint density at radius 2 is 2.20 bits per heavy atom. The third-order valence-electron chi connectivity index (χ3n) is 3.09. The largest absolute Gasteiger partial charge is 0.485 e. The minimum atomic E-state index is -0.254. The molecule has 4 heteroatoms. The lowest BCUT2D eigenvalue weighted by atomic mass is 10.1. The minimum Gasteiger partial charge on any atom is -0.485 e. The van der Waals surface area contributed by atoms with E-state index < -0.39 is 0 Å². The average Bonchev–Trinajstić information content (AvgIpc) is 2.96. The lowest BCUT2D eigenvalue weighted by Crippen LogP contribution is -2.20. The normalized spacial score (nSPS) is 12.3. The van der Waals surface area contributed by atoms with Crippen molar-refractivity contribution in [3.63, 3.8) is 0 Å². The van der Waals surface area contributed by atoms with E-state index in [2.05, 4.69) is 12.2 Å². The molecule has 0 saturated carbocycles. The van der Waals surface area contributed by atoms with Crippen LogP contribution in [0.5, 0.6) is 5.75 Å². The van der Waals surface area contributed by atoms with E-state index in [0.717, 1.165) is 24.3 Å². The van der Waals surface area contributed by atoms with Gasteiger partial charge in [-0.3, -0.25) is 0 Å². The number of furan rings is 1. The maximum Gasteiger partial charge on any atom is 0.146 e. The molecule has 20 heavy (non-hydrogen) atoms. The molecule has 1 heterocycles. The number of halogens is 1. The molecule has 0 aliphatic carbocycles. The molecule has 0 aliphatic heterocycles. The molecule has 2 rings (SSSR count). The zero-order valence-corrected chi connectivity index (χ0v) is 11.9. The van der Waals surface area contributed by atoms with Crippen molar-refractivity contribution in [2.45, 2.75) is 32.9 Å². The van der Waals surface area contributed by atoms with Crippen LogP contribution in [0.3, 0.4) is 0 Å². The van der Waals surface area contributed by atoms with Crippen molar-refractivity contribution < 1.29 is 13.5 Å². The second kappa shape index (κ2) is 7.10. The number of ether oxygens (including phenoxy) is 1. The predicted molar refractivity (Wildman–Crippen MR) is 76.1 cm³/mol. The molecule has 1 unspecified atom stereocenters. The van der Waals surface area contributed by atoms with Gasteiger partial charge >= 0.3 is 0 Å². The second-order valence-corrected chi connectivity index (χ2v) is 4.73. The van der Waals surface area contributed by atoms with Crippen LogP contribution in [0.4, 0.5) is 4.39 Å². The molecule has 1 aromatic heterocycles. The molecular formula is C16H20FNO2. The lowest BCUT2D eigenvalue weighted by Gasteiger charge is -2.18. The molecule has 1 N–H and O–H groups in total. The first kappa shape index (κ1) is 14.6. The number of hydrogen-bond donors (Lipinski definition) is 1. The molecular weight excluding hydrogens is 257 g/mol. The molecule has 0 saturated heterocycles. The Morgan fingerprint density at radius 1 is 1.35 bits per heavy atom. The van der Waals surface area contributed by atoms with Crippen LogP contribution in [0.15, 0.2) is 41.0 Å². The first-order valence-corrected chi connectivity index (χ1v) is 6.88. The summed E-state index contributed by atoms with van der Waals surface area (Å²) in [5.74, 6) is 1.17. The van der Waals surface area contributed by atoms with Crippen molar-refractivity contribution in [2.75, 3.05) is 6.54 Å². The first-order valence-electron chi connectivity index (χ1n) is 6.88. The van der Waals surface area contributed by atoms with Gasteiger partial charge in [0.2, 0.25) is 0 Å². The number of benzene rings is 1. The van der Waals surface area contributed by atoms with E-state index >= 15 is 0 Å². The summed E-state index contributed by atoms with van der Waals surface area (Å²) in [4.78, 5) is 0. The van der Waals surface area contributed by atoms with Crippen LogP contribution in [0.25, 0.3) is 0 Å². The Labute approximate surface area is 118 Å². The van der Waals surface area contributed by atoms with Gasteiger partial charge in [-0.25, -0.2) is 4.39 Å². The molecule has 0 aliphatic rings. The van der Waals surface area contributed by atoms with Crippen LogP contribution in [-0.2, 0) is 6.61 Å². The summed E-state index contributed by atoms with van der Waals surface area (Å²) in [7, 11) is 0. The highest BCUT2D eigenvalue weighted by Gasteiger charge is 2.13. The molecule has 2 aromatic rings. The number of nitrogens with one attached hydrogen (secondary N) is 1. The van der Waals surface area contributed by atoms with Crippen LogP contribution in [0.2, 0.25) is 0 Å². The summed E-state index contributed by atoms with van der Waals surface area (Å²) in [6.07, 6.45) is 2.64. The highest BCUT2D eigenvalue weighted by atomic mass is 19.1. The summed E-state index contributed by atoms with van der Waals surface area (Å²) >= 11 is 0. The zero-order chi connectivity index (χ0) is 14.4. The van der Waals surface area contributed by atoms with E-state index in [4.69, 9.17) is 9.15 Å². The van der Waals surface area contributed by atoms with E-state index in [1.165, 1.54) is 12.1 Å². The van der Waals surface area contributed by atoms with Crippen LogP contribution in [-0.4, -0.2) is 6.54 Å². The van der Waals surface area contributed by atoms with E-state index in [0.29, 0.717) is 12.4 Å².